The molecule has 0 unspecified atom stereocenters. The zero-order chi connectivity index (χ0) is 14.5. The predicted octanol–water partition coefficient (Wildman–Crippen LogP) is 1.81. The summed E-state index contributed by atoms with van der Waals surface area (Å²) in [5.74, 6) is -1.93. The van der Waals surface area contributed by atoms with E-state index >= 15 is 0 Å². The number of esters is 1. The van der Waals surface area contributed by atoms with Crippen molar-refractivity contribution < 1.29 is 19.4 Å². The second-order valence-corrected chi connectivity index (χ2v) is 4.10. The minimum Gasteiger partial charge on any atom is -0.476 e. The van der Waals surface area contributed by atoms with Gasteiger partial charge < -0.3 is 9.84 Å². The summed E-state index contributed by atoms with van der Waals surface area (Å²) in [6.07, 6.45) is 1.40. The Balaban J connectivity index is 2.29. The van der Waals surface area contributed by atoms with E-state index in [0.717, 1.165) is 5.56 Å². The van der Waals surface area contributed by atoms with Crippen LogP contribution in [-0.2, 0) is 11.3 Å². The lowest BCUT2D eigenvalue weighted by atomic mass is 10.2. The molecular formula is C14H14N2O4. The van der Waals surface area contributed by atoms with Gasteiger partial charge >= 0.3 is 11.9 Å². The number of carboxylic acid groups (broad SMARTS) is 1. The Bertz CT molecular complexity index is 619. The lowest BCUT2D eigenvalue weighted by Crippen LogP contribution is -2.10. The number of carboxylic acids is 1. The molecule has 6 nitrogen and oxygen atoms in total. The van der Waals surface area contributed by atoms with Gasteiger partial charge in [-0.1, -0.05) is 30.3 Å². The van der Waals surface area contributed by atoms with Crippen LogP contribution in [0.15, 0.2) is 36.5 Å². The lowest BCUT2D eigenvalue weighted by molar-refractivity contribution is 0.0514. The zero-order valence-corrected chi connectivity index (χ0v) is 10.9. The number of nitrogens with zero attached hydrogens (tertiary/aromatic N) is 2. The van der Waals surface area contributed by atoms with Gasteiger partial charge in [0, 0.05) is 6.20 Å². The molecule has 2 aromatic rings. The molecular weight excluding hydrogens is 260 g/mol. The number of hydrogen-bond donors (Lipinski definition) is 1. The van der Waals surface area contributed by atoms with E-state index in [1.54, 1.807) is 6.92 Å². The first kappa shape index (κ1) is 13.8. The second kappa shape index (κ2) is 6.01. The van der Waals surface area contributed by atoms with Crippen molar-refractivity contribution in [2.24, 2.45) is 0 Å². The molecule has 0 saturated carbocycles. The summed E-state index contributed by atoms with van der Waals surface area (Å²) in [7, 11) is 0. The molecule has 0 radical (unpaired) electrons. The third-order valence-corrected chi connectivity index (χ3v) is 2.65. The first-order chi connectivity index (χ1) is 9.61. The molecule has 104 valence electrons. The van der Waals surface area contributed by atoms with Gasteiger partial charge in [0.1, 0.15) is 5.56 Å². The number of carbonyl (C=O) groups excluding carboxylic acids is 1. The molecule has 20 heavy (non-hydrogen) atoms. The van der Waals surface area contributed by atoms with Crippen LogP contribution in [0.5, 0.6) is 0 Å². The largest absolute Gasteiger partial charge is 0.476 e. The summed E-state index contributed by atoms with van der Waals surface area (Å²) in [5.41, 5.74) is 0.636. The Morgan fingerprint density at radius 1 is 1.30 bits per heavy atom. The topological polar surface area (TPSA) is 81.4 Å². The summed E-state index contributed by atoms with van der Waals surface area (Å²) >= 11 is 0. The standard InChI is InChI=1S/C14H14N2O4/c1-2-20-14(19)11-9-16(15-12(11)13(17)18)8-10-6-4-3-5-7-10/h3-7,9H,2,8H2,1H3,(H,17,18). The fourth-order valence-corrected chi connectivity index (χ4v) is 1.79. The van der Waals surface area contributed by atoms with E-state index in [-0.39, 0.29) is 17.9 Å². The van der Waals surface area contributed by atoms with Crippen molar-refractivity contribution >= 4 is 11.9 Å². The molecule has 1 N–H and O–H groups in total. The van der Waals surface area contributed by atoms with Gasteiger partial charge in [-0.3, -0.25) is 4.68 Å². The molecule has 0 aliphatic heterocycles. The molecule has 0 aliphatic carbocycles. The van der Waals surface area contributed by atoms with Crippen LogP contribution >= 0.6 is 0 Å². The maximum Gasteiger partial charge on any atom is 0.357 e. The average Bonchev–Trinajstić information content (AvgIpc) is 2.84. The van der Waals surface area contributed by atoms with Crippen molar-refractivity contribution in [2.45, 2.75) is 13.5 Å². The van der Waals surface area contributed by atoms with E-state index in [2.05, 4.69) is 5.10 Å². The van der Waals surface area contributed by atoms with Crippen LogP contribution in [-0.4, -0.2) is 33.4 Å². The molecule has 0 saturated heterocycles. The van der Waals surface area contributed by atoms with Gasteiger partial charge in [-0.15, -0.1) is 0 Å². The Morgan fingerprint density at radius 3 is 2.60 bits per heavy atom. The van der Waals surface area contributed by atoms with Crippen molar-refractivity contribution in [3.63, 3.8) is 0 Å². The molecule has 2 rings (SSSR count). The molecule has 0 bridgehead atoms. The molecule has 6 heteroatoms. The van der Waals surface area contributed by atoms with Gasteiger partial charge in [-0.25, -0.2) is 9.59 Å². The fourth-order valence-electron chi connectivity index (χ4n) is 1.79. The maximum atomic E-state index is 11.7. The van der Waals surface area contributed by atoms with Gasteiger partial charge in [0.25, 0.3) is 0 Å². The van der Waals surface area contributed by atoms with E-state index in [9.17, 15) is 9.59 Å². The number of aromatic nitrogens is 2. The summed E-state index contributed by atoms with van der Waals surface area (Å²) < 4.78 is 6.25. The summed E-state index contributed by atoms with van der Waals surface area (Å²) in [6, 6.07) is 9.43. The van der Waals surface area contributed by atoms with E-state index in [0.29, 0.717) is 6.54 Å². The smallest absolute Gasteiger partial charge is 0.357 e. The SMILES string of the molecule is CCOC(=O)c1cn(Cc2ccccc2)nc1C(=O)O. The molecule has 0 fully saturated rings. The molecule has 1 heterocycles. The fraction of sp³-hybridized carbons (Fsp3) is 0.214. The summed E-state index contributed by atoms with van der Waals surface area (Å²) in [5, 5.41) is 13.0. The van der Waals surface area contributed by atoms with Crippen LogP contribution in [0, 0.1) is 0 Å². The van der Waals surface area contributed by atoms with Crippen LogP contribution in [0.3, 0.4) is 0 Å². The minimum atomic E-state index is -1.25. The van der Waals surface area contributed by atoms with Gasteiger partial charge in [0.2, 0.25) is 0 Å². The van der Waals surface area contributed by atoms with Gasteiger partial charge in [0.05, 0.1) is 13.2 Å². The Kier molecular flexibility index (Phi) is 4.14. The molecule has 1 aromatic carbocycles. The van der Waals surface area contributed by atoms with Crippen LogP contribution in [0.25, 0.3) is 0 Å². The molecule has 0 atom stereocenters. The van der Waals surface area contributed by atoms with Crippen LogP contribution < -0.4 is 0 Å². The number of aromatic carboxylic acids is 1. The normalized spacial score (nSPS) is 10.2. The van der Waals surface area contributed by atoms with E-state index in [1.807, 2.05) is 30.3 Å². The van der Waals surface area contributed by atoms with E-state index in [4.69, 9.17) is 9.84 Å². The third kappa shape index (κ3) is 3.03. The lowest BCUT2D eigenvalue weighted by Gasteiger charge is -2.00. The first-order valence-corrected chi connectivity index (χ1v) is 6.13. The summed E-state index contributed by atoms with van der Waals surface area (Å²) in [6.45, 7) is 2.23. The third-order valence-electron chi connectivity index (χ3n) is 2.65. The van der Waals surface area contributed by atoms with Crippen molar-refractivity contribution in [3.05, 3.63) is 53.3 Å². The summed E-state index contributed by atoms with van der Waals surface area (Å²) in [4.78, 5) is 22.8. The minimum absolute atomic E-state index is 0.0321. The van der Waals surface area contributed by atoms with Crippen LogP contribution in [0.4, 0.5) is 0 Å². The van der Waals surface area contributed by atoms with Gasteiger partial charge in [-0.2, -0.15) is 5.10 Å². The van der Waals surface area contributed by atoms with Crippen molar-refractivity contribution in [2.75, 3.05) is 6.61 Å². The van der Waals surface area contributed by atoms with E-state index in [1.165, 1.54) is 10.9 Å². The molecule has 0 amide bonds. The number of carbonyl (C=O) groups is 2. The molecule has 0 aliphatic rings. The van der Waals surface area contributed by atoms with Gasteiger partial charge in [-0.05, 0) is 12.5 Å². The van der Waals surface area contributed by atoms with Crippen molar-refractivity contribution in [1.29, 1.82) is 0 Å². The Labute approximate surface area is 115 Å². The van der Waals surface area contributed by atoms with E-state index < -0.39 is 11.9 Å². The molecule has 1 aromatic heterocycles. The quantitative estimate of drug-likeness (QED) is 0.841. The van der Waals surface area contributed by atoms with Gasteiger partial charge in [0.15, 0.2) is 5.69 Å². The first-order valence-electron chi connectivity index (χ1n) is 6.13. The number of hydrogen-bond acceptors (Lipinski definition) is 4. The number of benzene rings is 1. The maximum absolute atomic E-state index is 11.7. The second-order valence-electron chi connectivity index (χ2n) is 4.10. The monoisotopic (exact) mass is 274 g/mol. The highest BCUT2D eigenvalue weighted by atomic mass is 16.5. The van der Waals surface area contributed by atoms with Crippen molar-refractivity contribution in [1.82, 2.24) is 9.78 Å². The number of ether oxygens (including phenoxy) is 1. The predicted molar refractivity (Wildman–Crippen MR) is 70.7 cm³/mol. The molecule has 0 spiro atoms. The Morgan fingerprint density at radius 2 is 2.00 bits per heavy atom. The average molecular weight is 274 g/mol. The highest BCUT2D eigenvalue weighted by molar-refractivity contribution is 6.00. The van der Waals surface area contributed by atoms with Crippen LogP contribution in [0.1, 0.15) is 33.3 Å². The highest BCUT2D eigenvalue weighted by Crippen LogP contribution is 2.11. The highest BCUT2D eigenvalue weighted by Gasteiger charge is 2.22. The number of rotatable bonds is 5. The van der Waals surface area contributed by atoms with Crippen molar-refractivity contribution in [3.8, 4) is 0 Å². The zero-order valence-electron chi connectivity index (χ0n) is 10.9. The van der Waals surface area contributed by atoms with Crippen LogP contribution in [0.2, 0.25) is 0 Å². The Hall–Kier alpha value is -2.63.